The Morgan fingerprint density at radius 2 is 1.71 bits per heavy atom. The molecule has 35 heavy (non-hydrogen) atoms. The number of rotatable bonds is 5. The second kappa shape index (κ2) is 9.38. The van der Waals surface area contributed by atoms with Crippen LogP contribution in [0.25, 0.3) is 11.0 Å². The largest absolute Gasteiger partial charge is 0.368 e. The summed E-state index contributed by atoms with van der Waals surface area (Å²) in [5.74, 6) is -0.350. The monoisotopic (exact) mass is 497 g/mol. The van der Waals surface area contributed by atoms with E-state index in [0.717, 1.165) is 5.69 Å². The van der Waals surface area contributed by atoms with Gasteiger partial charge in [0, 0.05) is 50.5 Å². The van der Waals surface area contributed by atoms with Crippen LogP contribution in [0.2, 0.25) is 0 Å². The number of piperidine rings is 1. The zero-order valence-electron chi connectivity index (χ0n) is 19.5. The Bertz CT molecular complexity index is 1350. The Kier molecular flexibility index (Phi) is 6.28. The number of piperazine rings is 1. The second-order valence-corrected chi connectivity index (χ2v) is 10.9. The van der Waals surface area contributed by atoms with Crippen LogP contribution in [-0.4, -0.2) is 78.9 Å². The fourth-order valence-electron chi connectivity index (χ4n) is 4.84. The predicted molar refractivity (Wildman–Crippen MR) is 129 cm³/mol. The molecule has 2 fully saturated rings. The van der Waals surface area contributed by atoms with E-state index in [9.17, 15) is 18.0 Å². The molecular weight excluding hydrogens is 470 g/mol. The van der Waals surface area contributed by atoms with Gasteiger partial charge in [-0.05, 0) is 66.5 Å². The molecule has 5 rings (SSSR count). The fourth-order valence-corrected chi connectivity index (χ4v) is 6.50. The number of aromatic nitrogens is 2. The first-order valence-corrected chi connectivity index (χ1v) is 13.1. The van der Waals surface area contributed by atoms with Crippen molar-refractivity contribution in [3.63, 3.8) is 0 Å². The average Bonchev–Trinajstić information content (AvgIpc) is 3.37. The Morgan fingerprint density at radius 1 is 0.971 bits per heavy atom. The van der Waals surface area contributed by atoms with Crippen LogP contribution in [0.4, 0.5) is 5.69 Å². The van der Waals surface area contributed by atoms with Gasteiger partial charge in [-0.1, -0.05) is 6.07 Å². The minimum Gasteiger partial charge on any atom is -0.368 e. The molecule has 1 aromatic heterocycles. The summed E-state index contributed by atoms with van der Waals surface area (Å²) in [4.78, 5) is 28.9. The predicted octanol–water partition coefficient (Wildman–Crippen LogP) is 2.17. The molecule has 11 heteroatoms. The number of hydrogen-bond acceptors (Lipinski definition) is 8. The number of hydrogen-bond donors (Lipinski definition) is 0. The minimum absolute atomic E-state index is 0.00205. The maximum absolute atomic E-state index is 13.4. The Hall–Kier alpha value is -3.31. The highest BCUT2D eigenvalue weighted by Crippen LogP contribution is 2.29. The standard InChI is InChI=1S/C24H27N5O5S/c1-17(30)18-7-9-20(10-8-18)27-12-14-28(15-13-27)24(31)19-4-3-11-29(16-19)35(32,33)22-6-2-5-21-23(22)26-34-25-21/h2,5-10,19H,3-4,11-16H2,1H3. The highest BCUT2D eigenvalue weighted by atomic mass is 32.2. The van der Waals surface area contributed by atoms with Crippen molar-refractivity contribution in [2.75, 3.05) is 44.2 Å². The molecular formula is C24H27N5O5S. The minimum atomic E-state index is -3.84. The lowest BCUT2D eigenvalue weighted by atomic mass is 9.97. The molecule has 184 valence electrons. The second-order valence-electron chi connectivity index (χ2n) is 9.01. The molecule has 3 aromatic rings. The van der Waals surface area contributed by atoms with Gasteiger partial charge >= 0.3 is 0 Å². The van der Waals surface area contributed by atoms with Gasteiger partial charge in [-0.15, -0.1) is 0 Å². The number of nitrogens with zero attached hydrogens (tertiary/aromatic N) is 5. The van der Waals surface area contributed by atoms with Crippen LogP contribution in [-0.2, 0) is 14.8 Å². The number of benzene rings is 2. The fraction of sp³-hybridized carbons (Fsp3) is 0.417. The average molecular weight is 498 g/mol. The van der Waals surface area contributed by atoms with Gasteiger partial charge in [0.1, 0.15) is 10.4 Å². The molecule has 2 aromatic carbocycles. The number of anilines is 1. The first-order chi connectivity index (χ1) is 16.8. The van der Waals surface area contributed by atoms with E-state index in [-0.39, 0.29) is 34.6 Å². The van der Waals surface area contributed by atoms with E-state index in [1.54, 1.807) is 19.1 Å². The van der Waals surface area contributed by atoms with Crippen molar-refractivity contribution in [1.29, 1.82) is 0 Å². The highest BCUT2D eigenvalue weighted by molar-refractivity contribution is 7.89. The van der Waals surface area contributed by atoms with Gasteiger partial charge in [0.25, 0.3) is 0 Å². The van der Waals surface area contributed by atoms with E-state index in [2.05, 4.69) is 15.2 Å². The third kappa shape index (κ3) is 4.53. The first kappa shape index (κ1) is 23.4. The number of sulfonamides is 1. The molecule has 2 saturated heterocycles. The topological polar surface area (TPSA) is 117 Å². The van der Waals surface area contributed by atoms with E-state index in [4.69, 9.17) is 4.63 Å². The summed E-state index contributed by atoms with van der Waals surface area (Å²) >= 11 is 0. The van der Waals surface area contributed by atoms with Crippen LogP contribution in [0, 0.1) is 5.92 Å². The third-order valence-corrected chi connectivity index (χ3v) is 8.73. The molecule has 2 aliphatic heterocycles. The van der Waals surface area contributed by atoms with E-state index >= 15 is 0 Å². The Labute approximate surface area is 203 Å². The van der Waals surface area contributed by atoms with Crippen LogP contribution in [0.3, 0.4) is 0 Å². The van der Waals surface area contributed by atoms with E-state index in [0.29, 0.717) is 56.6 Å². The van der Waals surface area contributed by atoms with Gasteiger partial charge in [0.05, 0.1) is 5.92 Å². The van der Waals surface area contributed by atoms with Gasteiger partial charge in [-0.2, -0.15) is 4.31 Å². The molecule has 0 N–H and O–H groups in total. The molecule has 3 heterocycles. The van der Waals surface area contributed by atoms with E-state index in [1.807, 2.05) is 29.2 Å². The van der Waals surface area contributed by atoms with Gasteiger partial charge in [0.2, 0.25) is 15.9 Å². The normalized spacial score (nSPS) is 19.7. The molecule has 0 aliphatic carbocycles. The lowest BCUT2D eigenvalue weighted by molar-refractivity contribution is -0.137. The summed E-state index contributed by atoms with van der Waals surface area (Å²) in [7, 11) is -3.84. The van der Waals surface area contributed by atoms with Crippen LogP contribution in [0.1, 0.15) is 30.1 Å². The van der Waals surface area contributed by atoms with Crippen molar-refractivity contribution < 1.29 is 22.6 Å². The summed E-state index contributed by atoms with van der Waals surface area (Å²) in [6.07, 6.45) is 1.28. The summed E-state index contributed by atoms with van der Waals surface area (Å²) in [6, 6.07) is 12.3. The van der Waals surface area contributed by atoms with Crippen LogP contribution < -0.4 is 4.90 Å². The van der Waals surface area contributed by atoms with Gasteiger partial charge in [-0.25, -0.2) is 13.0 Å². The van der Waals surface area contributed by atoms with Crippen molar-refractivity contribution in [2.24, 2.45) is 5.92 Å². The maximum atomic E-state index is 13.4. The van der Waals surface area contributed by atoms with Crippen molar-refractivity contribution in [1.82, 2.24) is 19.5 Å². The van der Waals surface area contributed by atoms with Crippen molar-refractivity contribution in [3.8, 4) is 0 Å². The van der Waals surface area contributed by atoms with Crippen molar-refractivity contribution >= 4 is 38.4 Å². The Morgan fingerprint density at radius 3 is 2.43 bits per heavy atom. The summed E-state index contributed by atoms with van der Waals surface area (Å²) in [5.41, 5.74) is 2.28. The molecule has 0 spiro atoms. The van der Waals surface area contributed by atoms with Gasteiger partial charge in [-0.3, -0.25) is 9.59 Å². The van der Waals surface area contributed by atoms with Crippen LogP contribution in [0.15, 0.2) is 52.0 Å². The van der Waals surface area contributed by atoms with Crippen molar-refractivity contribution in [3.05, 3.63) is 48.0 Å². The summed E-state index contributed by atoms with van der Waals surface area (Å²) in [6.45, 7) is 4.55. The maximum Gasteiger partial charge on any atom is 0.245 e. The number of carbonyl (C=O) groups excluding carboxylic acids is 2. The summed E-state index contributed by atoms with van der Waals surface area (Å²) < 4.78 is 32.9. The quantitative estimate of drug-likeness (QED) is 0.493. The molecule has 0 bridgehead atoms. The Balaban J connectivity index is 1.23. The SMILES string of the molecule is CC(=O)c1ccc(N2CCN(C(=O)C3CCCN(S(=O)(=O)c4cccc5nonc45)C3)CC2)cc1. The van der Waals surface area contributed by atoms with E-state index in [1.165, 1.54) is 10.4 Å². The molecule has 10 nitrogen and oxygen atoms in total. The number of carbonyl (C=O) groups is 2. The molecule has 0 radical (unpaired) electrons. The van der Waals surface area contributed by atoms with Crippen LogP contribution >= 0.6 is 0 Å². The zero-order valence-corrected chi connectivity index (χ0v) is 20.3. The number of Topliss-reactive ketones (excluding diaryl/α,β-unsaturated/α-hetero) is 1. The third-order valence-electron chi connectivity index (χ3n) is 6.83. The van der Waals surface area contributed by atoms with Crippen molar-refractivity contribution in [2.45, 2.75) is 24.7 Å². The number of ketones is 1. The first-order valence-electron chi connectivity index (χ1n) is 11.7. The number of fused-ring (bicyclic) bond motifs is 1. The number of amides is 1. The van der Waals surface area contributed by atoms with Gasteiger partial charge < -0.3 is 9.80 Å². The highest BCUT2D eigenvalue weighted by Gasteiger charge is 2.37. The summed E-state index contributed by atoms with van der Waals surface area (Å²) in [5, 5.41) is 7.50. The lowest BCUT2D eigenvalue weighted by Crippen LogP contribution is -2.53. The smallest absolute Gasteiger partial charge is 0.245 e. The van der Waals surface area contributed by atoms with Gasteiger partial charge in [0.15, 0.2) is 11.3 Å². The molecule has 1 amide bonds. The van der Waals surface area contributed by atoms with E-state index < -0.39 is 10.0 Å². The molecule has 0 saturated carbocycles. The molecule has 1 atom stereocenters. The van der Waals surface area contributed by atoms with Crippen LogP contribution in [0.5, 0.6) is 0 Å². The molecule has 1 unspecified atom stereocenters. The molecule has 2 aliphatic rings. The lowest BCUT2D eigenvalue weighted by Gasteiger charge is -2.39. The zero-order chi connectivity index (χ0) is 24.6.